The van der Waals surface area contributed by atoms with Crippen LogP contribution in [-0.4, -0.2) is 17.9 Å². The molecule has 0 spiro atoms. The van der Waals surface area contributed by atoms with E-state index < -0.39 is 0 Å². The van der Waals surface area contributed by atoms with E-state index in [0.717, 1.165) is 23.2 Å². The summed E-state index contributed by atoms with van der Waals surface area (Å²) in [5.74, 6) is 0.850. The van der Waals surface area contributed by atoms with Gasteiger partial charge in [0.15, 0.2) is 0 Å². The van der Waals surface area contributed by atoms with E-state index in [-0.39, 0.29) is 11.9 Å². The number of benzene rings is 3. The lowest BCUT2D eigenvalue weighted by molar-refractivity contribution is 0.0785. The lowest BCUT2D eigenvalue weighted by Crippen LogP contribution is -2.33. The van der Waals surface area contributed by atoms with Crippen molar-refractivity contribution >= 4 is 11.6 Å². The molecule has 0 saturated heterocycles. The largest absolute Gasteiger partial charge is 0.377 e. The molecule has 2 aliphatic rings. The second-order valence-electron chi connectivity index (χ2n) is 9.70. The first-order chi connectivity index (χ1) is 15.9. The highest BCUT2D eigenvalue weighted by Crippen LogP contribution is 2.51. The van der Waals surface area contributed by atoms with Crippen LogP contribution in [0, 0.1) is 26.7 Å². The second kappa shape index (κ2) is 8.55. The molecule has 0 aromatic heterocycles. The minimum Gasteiger partial charge on any atom is -0.377 e. The fraction of sp³-hybridized carbons (Fsp3) is 0.300. The van der Waals surface area contributed by atoms with Crippen molar-refractivity contribution in [1.29, 1.82) is 0 Å². The first-order valence-electron chi connectivity index (χ1n) is 11.9. The minimum atomic E-state index is 0.0553. The van der Waals surface area contributed by atoms with Crippen LogP contribution in [0.25, 0.3) is 0 Å². The van der Waals surface area contributed by atoms with Gasteiger partial charge >= 0.3 is 0 Å². The molecule has 1 N–H and O–H groups in total. The first kappa shape index (κ1) is 21.5. The third-order valence-electron chi connectivity index (χ3n) is 7.29. The number of fused-ring (bicyclic) bond motifs is 3. The Bertz CT molecular complexity index is 1200. The molecule has 1 heterocycles. The first-order valence-corrected chi connectivity index (χ1v) is 11.9. The molecule has 1 aliphatic carbocycles. The van der Waals surface area contributed by atoms with Crippen molar-refractivity contribution < 1.29 is 4.79 Å². The summed E-state index contributed by atoms with van der Waals surface area (Å²) >= 11 is 0. The van der Waals surface area contributed by atoms with Gasteiger partial charge in [0, 0.05) is 19.5 Å². The molecule has 3 heteroatoms. The number of amides is 1. The van der Waals surface area contributed by atoms with Gasteiger partial charge in [-0.15, -0.1) is 0 Å². The van der Waals surface area contributed by atoms with Crippen molar-refractivity contribution in [2.24, 2.45) is 5.92 Å². The van der Waals surface area contributed by atoms with Gasteiger partial charge < -0.3 is 10.2 Å². The molecule has 3 aromatic carbocycles. The minimum absolute atomic E-state index is 0.0553. The van der Waals surface area contributed by atoms with Crippen LogP contribution in [0.4, 0.5) is 5.69 Å². The Hall–Kier alpha value is -3.33. The van der Waals surface area contributed by atoms with E-state index >= 15 is 0 Å². The molecule has 0 fully saturated rings. The van der Waals surface area contributed by atoms with E-state index in [2.05, 4.69) is 68.6 Å². The smallest absolute Gasteiger partial charge is 0.256 e. The molecular formula is C30H32N2O. The maximum atomic E-state index is 13.6. The highest BCUT2D eigenvalue weighted by atomic mass is 16.2. The molecule has 0 saturated carbocycles. The van der Waals surface area contributed by atoms with Gasteiger partial charge in [-0.05, 0) is 67.0 Å². The predicted octanol–water partition coefficient (Wildman–Crippen LogP) is 6.71. The van der Waals surface area contributed by atoms with Gasteiger partial charge in [0.1, 0.15) is 0 Å². The van der Waals surface area contributed by atoms with E-state index in [4.69, 9.17) is 0 Å². The van der Waals surface area contributed by atoms with Crippen LogP contribution in [-0.2, 0) is 6.54 Å². The Morgan fingerprint density at radius 3 is 2.45 bits per heavy atom. The number of carbonyl (C=O) groups excluding carboxylic acids is 1. The normalized spacial score (nSPS) is 20.7. The maximum absolute atomic E-state index is 13.6. The zero-order valence-electron chi connectivity index (χ0n) is 19.9. The van der Waals surface area contributed by atoms with Gasteiger partial charge in [0.25, 0.3) is 5.91 Å². The molecule has 0 radical (unpaired) electrons. The third-order valence-corrected chi connectivity index (χ3v) is 7.29. The Balaban J connectivity index is 1.54. The van der Waals surface area contributed by atoms with Crippen molar-refractivity contribution in [1.82, 2.24) is 4.90 Å². The molecular weight excluding hydrogens is 404 g/mol. The number of rotatable bonds is 4. The summed E-state index contributed by atoms with van der Waals surface area (Å²) in [6.07, 6.45) is 5.72. The molecule has 0 bridgehead atoms. The highest BCUT2D eigenvalue weighted by Gasteiger charge is 2.40. The van der Waals surface area contributed by atoms with Crippen LogP contribution in [0.1, 0.15) is 62.1 Å². The summed E-state index contributed by atoms with van der Waals surface area (Å²) in [6.45, 7) is 7.19. The van der Waals surface area contributed by atoms with Gasteiger partial charge in [-0.1, -0.05) is 72.3 Å². The number of para-hydroxylation sites is 1. The van der Waals surface area contributed by atoms with Crippen LogP contribution in [0.3, 0.4) is 0 Å². The molecule has 1 amide bonds. The molecule has 3 unspecified atom stereocenters. The number of hydrogen-bond donors (Lipinski definition) is 1. The van der Waals surface area contributed by atoms with Gasteiger partial charge in [-0.2, -0.15) is 0 Å². The summed E-state index contributed by atoms with van der Waals surface area (Å²) in [7, 11) is 1.89. The summed E-state index contributed by atoms with van der Waals surface area (Å²) in [6, 6.07) is 21.1. The summed E-state index contributed by atoms with van der Waals surface area (Å²) in [5, 5.41) is 3.87. The molecule has 3 aromatic rings. The zero-order chi connectivity index (χ0) is 23.1. The Labute approximate surface area is 197 Å². The molecule has 168 valence electrons. The maximum Gasteiger partial charge on any atom is 0.256 e. The fourth-order valence-corrected chi connectivity index (χ4v) is 5.90. The highest BCUT2D eigenvalue weighted by molar-refractivity contribution is 6.00. The van der Waals surface area contributed by atoms with Crippen molar-refractivity contribution in [3.05, 3.63) is 112 Å². The molecule has 5 rings (SSSR count). The van der Waals surface area contributed by atoms with E-state index in [1.165, 1.54) is 27.8 Å². The van der Waals surface area contributed by atoms with E-state index in [1.807, 2.05) is 42.3 Å². The Morgan fingerprint density at radius 2 is 1.73 bits per heavy atom. The number of nitrogens with one attached hydrogen (secondary N) is 1. The van der Waals surface area contributed by atoms with Gasteiger partial charge in [0.05, 0.1) is 17.3 Å². The molecule has 1 aliphatic heterocycles. The van der Waals surface area contributed by atoms with Crippen molar-refractivity contribution in [3.8, 4) is 0 Å². The SMILES string of the molecule is Cc1cc(C)c(C2Nc3c(C(=O)N(C)Cc4ccccc4)cccc3C3C=CCC32)c(C)c1. The van der Waals surface area contributed by atoms with Crippen LogP contribution in [0.2, 0.25) is 0 Å². The van der Waals surface area contributed by atoms with Crippen molar-refractivity contribution in [2.45, 2.75) is 45.7 Å². The standard InChI is InChI=1S/C30H32N2O/c1-19-16-20(2)27(21(3)17-19)29-25-14-8-12-23(25)24-13-9-15-26(28(24)31-29)30(33)32(4)18-22-10-6-5-7-11-22/h5-13,15-17,23,25,29,31H,14,18H2,1-4H3. The van der Waals surface area contributed by atoms with Crippen LogP contribution >= 0.6 is 0 Å². The van der Waals surface area contributed by atoms with Crippen molar-refractivity contribution in [2.75, 3.05) is 12.4 Å². The molecule has 3 atom stereocenters. The zero-order valence-corrected chi connectivity index (χ0v) is 19.9. The summed E-state index contributed by atoms with van der Waals surface area (Å²) in [5.41, 5.74) is 9.46. The van der Waals surface area contributed by atoms with E-state index in [1.54, 1.807) is 0 Å². The van der Waals surface area contributed by atoms with Gasteiger partial charge in [-0.25, -0.2) is 0 Å². The average Bonchev–Trinajstić information content (AvgIpc) is 3.29. The van der Waals surface area contributed by atoms with Gasteiger partial charge in [-0.3, -0.25) is 4.79 Å². The van der Waals surface area contributed by atoms with E-state index in [0.29, 0.717) is 18.4 Å². The van der Waals surface area contributed by atoms with Crippen LogP contribution < -0.4 is 5.32 Å². The Kier molecular flexibility index (Phi) is 5.57. The Morgan fingerprint density at radius 1 is 1.00 bits per heavy atom. The van der Waals surface area contributed by atoms with Crippen LogP contribution in [0.5, 0.6) is 0 Å². The summed E-state index contributed by atoms with van der Waals surface area (Å²) < 4.78 is 0. The monoisotopic (exact) mass is 436 g/mol. The quantitative estimate of drug-likeness (QED) is 0.461. The number of carbonyl (C=O) groups is 1. The molecule has 33 heavy (non-hydrogen) atoms. The number of allylic oxidation sites excluding steroid dienone is 2. The second-order valence-corrected chi connectivity index (χ2v) is 9.70. The topological polar surface area (TPSA) is 32.3 Å². The summed E-state index contributed by atoms with van der Waals surface area (Å²) in [4.78, 5) is 15.4. The average molecular weight is 437 g/mol. The number of aryl methyl sites for hydroxylation is 3. The van der Waals surface area contributed by atoms with Gasteiger partial charge in [0.2, 0.25) is 0 Å². The van der Waals surface area contributed by atoms with Crippen LogP contribution in [0.15, 0.2) is 72.8 Å². The lowest BCUT2D eigenvalue weighted by Gasteiger charge is -2.40. The van der Waals surface area contributed by atoms with Crippen molar-refractivity contribution in [3.63, 3.8) is 0 Å². The lowest BCUT2D eigenvalue weighted by atomic mass is 9.74. The fourth-order valence-electron chi connectivity index (χ4n) is 5.90. The number of nitrogens with zero attached hydrogens (tertiary/aromatic N) is 1. The van der Waals surface area contributed by atoms with E-state index in [9.17, 15) is 4.79 Å². The predicted molar refractivity (Wildman–Crippen MR) is 136 cm³/mol. The molecule has 3 nitrogen and oxygen atoms in total. The third kappa shape index (κ3) is 3.86. The number of anilines is 1. The number of hydrogen-bond acceptors (Lipinski definition) is 2.